The molecule has 334 valence electrons. The molecule has 2 bridgehead atoms. The Labute approximate surface area is 355 Å². The Balaban J connectivity index is 1.54. The van der Waals surface area contributed by atoms with Gasteiger partial charge in [0.2, 0.25) is 41.4 Å². The zero-order valence-corrected chi connectivity index (χ0v) is 35.1. The number of benzene rings is 1. The summed E-state index contributed by atoms with van der Waals surface area (Å²) in [5.41, 5.74) is 7.12. The van der Waals surface area contributed by atoms with E-state index in [0.29, 0.717) is 33.6 Å². The number of fused-ring (bicyclic) bond motifs is 17. The van der Waals surface area contributed by atoms with Gasteiger partial charge < -0.3 is 67.9 Å². The van der Waals surface area contributed by atoms with Gasteiger partial charge in [-0.3, -0.25) is 38.9 Å². The fourth-order valence-corrected chi connectivity index (χ4v) is 8.21. The number of carbonyl (C=O) groups is 7. The predicted octanol–water partition coefficient (Wildman–Crippen LogP) is -3.52. The molecule has 7 amide bonds. The number of nitrogens with zero attached hydrogens (tertiary/aromatic N) is 1. The summed E-state index contributed by atoms with van der Waals surface area (Å²) in [4.78, 5) is 99.3. The van der Waals surface area contributed by atoms with E-state index in [1.807, 2.05) is 6.92 Å². The van der Waals surface area contributed by atoms with E-state index in [9.17, 15) is 54.0 Å². The molecular weight excluding hydrogens is 817 g/mol. The van der Waals surface area contributed by atoms with Crippen LogP contribution in [-0.2, 0) is 40.0 Å². The fraction of sp³-hybridized carbons (Fsp3) is 0.564. The van der Waals surface area contributed by atoms with Crippen molar-refractivity contribution in [2.24, 2.45) is 17.6 Å². The molecule has 2 saturated heterocycles. The number of aromatic amines is 1. The van der Waals surface area contributed by atoms with Crippen molar-refractivity contribution in [2.45, 2.75) is 100 Å². The van der Waals surface area contributed by atoms with Crippen LogP contribution >= 0.6 is 11.8 Å². The second-order valence-electron chi connectivity index (χ2n) is 15.7. The molecule has 61 heavy (non-hydrogen) atoms. The predicted molar refractivity (Wildman–Crippen MR) is 221 cm³/mol. The minimum atomic E-state index is -1.50. The molecule has 6 rings (SSSR count). The number of aliphatic hydroxyl groups excluding tert-OH is 3. The van der Waals surface area contributed by atoms with Gasteiger partial charge in [0.25, 0.3) is 0 Å². The third-order valence-electron chi connectivity index (χ3n) is 11.3. The molecule has 0 radical (unpaired) electrons. The number of nitrogens with one attached hydrogen (secondary N) is 8. The first-order valence-electron chi connectivity index (χ1n) is 20.1. The van der Waals surface area contributed by atoms with E-state index in [4.69, 9.17) is 5.73 Å². The number of aromatic nitrogens is 1. The van der Waals surface area contributed by atoms with Gasteiger partial charge in [0, 0.05) is 41.9 Å². The number of phenolic OH excluding ortho intramolecular Hbond substituents is 1. The number of primary amides is 1. The van der Waals surface area contributed by atoms with Gasteiger partial charge in [0.05, 0.1) is 55.6 Å². The second-order valence-corrected chi connectivity index (χ2v) is 16.5. The van der Waals surface area contributed by atoms with Gasteiger partial charge in [-0.25, -0.2) is 0 Å². The summed E-state index contributed by atoms with van der Waals surface area (Å²) >= 11 is 1.32. The summed E-state index contributed by atoms with van der Waals surface area (Å²) < 4.78 is 0. The third-order valence-corrected chi connectivity index (χ3v) is 12.1. The van der Waals surface area contributed by atoms with Gasteiger partial charge in [-0.15, -0.1) is 11.8 Å². The molecule has 0 aliphatic carbocycles. The van der Waals surface area contributed by atoms with E-state index in [2.05, 4.69) is 42.2 Å². The minimum absolute atomic E-state index is 0.0413. The second kappa shape index (κ2) is 20.4. The van der Waals surface area contributed by atoms with E-state index < -0.39 is 115 Å². The van der Waals surface area contributed by atoms with Crippen molar-refractivity contribution in [3.63, 3.8) is 0 Å². The highest BCUT2D eigenvalue weighted by atomic mass is 32.2. The fourth-order valence-electron chi connectivity index (χ4n) is 7.56. The highest BCUT2D eigenvalue weighted by Gasteiger charge is 2.43. The lowest BCUT2D eigenvalue weighted by atomic mass is 9.94. The Morgan fingerprint density at radius 2 is 1.64 bits per heavy atom. The van der Waals surface area contributed by atoms with Crippen LogP contribution in [0.15, 0.2) is 35.0 Å². The Kier molecular flexibility index (Phi) is 15.6. The zero-order valence-electron chi connectivity index (χ0n) is 34.3. The lowest BCUT2D eigenvalue weighted by Gasteiger charge is -2.35. The molecule has 1 aromatic heterocycles. The molecule has 0 unspecified atom stereocenters. The van der Waals surface area contributed by atoms with Gasteiger partial charge in [0.15, 0.2) is 0 Å². The number of H-pyrrole nitrogens is 1. The molecule has 2 fully saturated rings. The smallest absolute Gasteiger partial charge is 0.247 e. The quantitative estimate of drug-likeness (QED) is 0.0814. The Bertz CT molecular complexity index is 2030. The maximum atomic E-state index is 14.5. The van der Waals surface area contributed by atoms with Gasteiger partial charge in [-0.05, 0) is 42.0 Å². The Morgan fingerprint density at radius 1 is 0.951 bits per heavy atom. The van der Waals surface area contributed by atoms with Crippen LogP contribution < -0.4 is 43.0 Å². The number of carbonyl (C=O) groups excluding carboxylic acids is 7. The highest BCUT2D eigenvalue weighted by Crippen LogP contribution is 2.32. The molecule has 1 aromatic carbocycles. The van der Waals surface area contributed by atoms with Crippen LogP contribution in [0.2, 0.25) is 0 Å². The summed E-state index contributed by atoms with van der Waals surface area (Å²) in [5.74, 6) is -6.84. The van der Waals surface area contributed by atoms with Crippen molar-refractivity contribution in [1.82, 2.24) is 47.1 Å². The van der Waals surface area contributed by atoms with Gasteiger partial charge in [-0.2, -0.15) is 0 Å². The summed E-state index contributed by atoms with van der Waals surface area (Å²) in [6.07, 6.45) is -0.895. The standard InChI is InChI=1S/C39H56N10O11S/c1-5-17(2)32-36(58)41-13-19-8-25(43-19)35(57)45-27(12-29(40)54)39(60)49-15-21(52)10-30(49)47-33(18(3)28(53)16-50)37(59)44-26(34(56)42-14-31(55)48-32)11-23-22-9-20(51)6-7-24(22)46-38(23)61-4/h6-9,17-18,21,25-28,30,32-33,43,46-47,50-53H,5,10-16H2,1-4H3,(H2,40,54)(H,41,58)(H,42,56)(H,44,59)(H,45,57)(H,48,55)/t17-,18-,21+,25+,26+,27-,28-,30-,32-,33-/m0/s1. The average Bonchev–Trinajstić information content (AvgIpc) is 3.76. The van der Waals surface area contributed by atoms with E-state index in [0.717, 1.165) is 4.90 Å². The largest absolute Gasteiger partial charge is 0.508 e. The summed E-state index contributed by atoms with van der Waals surface area (Å²) in [7, 11) is 0. The van der Waals surface area contributed by atoms with Crippen molar-refractivity contribution in [3.05, 3.63) is 35.5 Å². The van der Waals surface area contributed by atoms with Crippen LogP contribution in [0.3, 0.4) is 0 Å². The van der Waals surface area contributed by atoms with Crippen molar-refractivity contribution in [1.29, 1.82) is 0 Å². The molecule has 22 heteroatoms. The summed E-state index contributed by atoms with van der Waals surface area (Å²) in [6, 6.07) is -1.71. The van der Waals surface area contributed by atoms with Crippen molar-refractivity contribution in [2.75, 3.05) is 32.5 Å². The number of hydrogen-bond donors (Lipinski definition) is 13. The minimum Gasteiger partial charge on any atom is -0.508 e. The molecule has 4 aliphatic rings. The van der Waals surface area contributed by atoms with Gasteiger partial charge in [0.1, 0.15) is 29.9 Å². The van der Waals surface area contributed by atoms with E-state index in [1.165, 1.54) is 36.9 Å². The van der Waals surface area contributed by atoms with Crippen LogP contribution in [0, 0.1) is 11.8 Å². The third kappa shape index (κ3) is 11.3. The van der Waals surface area contributed by atoms with Crippen LogP contribution in [0.4, 0.5) is 0 Å². The number of thioether (sulfide) groups is 1. The molecular formula is C39H56N10O11S. The number of amides is 7. The molecule has 0 saturated carbocycles. The van der Waals surface area contributed by atoms with Crippen molar-refractivity contribution >= 4 is 64.0 Å². The normalized spacial score (nSPS) is 27.5. The van der Waals surface area contributed by atoms with Crippen molar-refractivity contribution < 1.29 is 54.0 Å². The topological polar surface area (TPSA) is 330 Å². The highest BCUT2D eigenvalue weighted by molar-refractivity contribution is 7.98. The maximum absolute atomic E-state index is 14.5. The molecule has 21 nitrogen and oxygen atoms in total. The first kappa shape index (κ1) is 46.6. The number of aromatic hydroxyl groups is 1. The SMILES string of the molecule is CC[C@H](C)[C@@H]1NC(=O)CNC(=O)[C@@H](Cc2c(SC)[nH]c3ccc(O)cc23)NC(=O)[C@H]([C@@H](C)[C@@H](O)CO)N[C@@H]2C[C@@H](O)CN2C(=O)[C@H](CC(N)=O)NC(=O)[C@H]2C=C(CNC1=O)N2. The lowest BCUT2D eigenvalue weighted by molar-refractivity contribution is -0.140. The number of aliphatic hydroxyl groups is 3. The monoisotopic (exact) mass is 872 g/mol. The Hall–Kier alpha value is -5.42. The summed E-state index contributed by atoms with van der Waals surface area (Å²) in [5, 5.41) is 62.2. The first-order chi connectivity index (χ1) is 28.9. The first-order valence-corrected chi connectivity index (χ1v) is 21.3. The van der Waals surface area contributed by atoms with Gasteiger partial charge in [-0.1, -0.05) is 27.2 Å². The molecule has 4 aliphatic heterocycles. The zero-order chi connectivity index (χ0) is 44.7. The number of rotatable bonds is 10. The van der Waals surface area contributed by atoms with Crippen LogP contribution in [0.1, 0.15) is 45.6 Å². The Morgan fingerprint density at radius 3 is 2.30 bits per heavy atom. The van der Waals surface area contributed by atoms with Crippen molar-refractivity contribution in [3.8, 4) is 5.75 Å². The van der Waals surface area contributed by atoms with E-state index >= 15 is 0 Å². The molecule has 5 heterocycles. The lowest BCUT2D eigenvalue weighted by Crippen LogP contribution is -2.62. The molecule has 0 spiro atoms. The average molecular weight is 873 g/mol. The van der Waals surface area contributed by atoms with Crippen LogP contribution in [-0.4, -0.2) is 153 Å². The molecule has 2 aromatic rings. The number of nitrogens with two attached hydrogens (primary N) is 1. The van der Waals surface area contributed by atoms with Gasteiger partial charge >= 0.3 is 0 Å². The van der Waals surface area contributed by atoms with E-state index in [-0.39, 0.29) is 37.6 Å². The van der Waals surface area contributed by atoms with Crippen LogP contribution in [0.5, 0.6) is 5.75 Å². The molecule has 14 N–H and O–H groups in total. The van der Waals surface area contributed by atoms with E-state index in [1.54, 1.807) is 19.2 Å². The molecule has 10 atom stereocenters. The number of phenols is 1. The maximum Gasteiger partial charge on any atom is 0.247 e. The summed E-state index contributed by atoms with van der Waals surface area (Å²) in [6.45, 7) is 3.35. The van der Waals surface area contributed by atoms with Crippen LogP contribution in [0.25, 0.3) is 10.9 Å². The number of hydrogen-bond acceptors (Lipinski definition) is 14.